The van der Waals surface area contributed by atoms with Gasteiger partial charge in [0.05, 0.1) is 19.3 Å². The molecule has 0 rings (SSSR count). The predicted molar refractivity (Wildman–Crippen MR) is 67.8 cm³/mol. The highest BCUT2D eigenvalue weighted by Crippen LogP contribution is 2.20. The molecule has 5 heteroatoms. The first-order valence-corrected chi connectivity index (χ1v) is 6.02. The van der Waals surface area contributed by atoms with E-state index in [0.29, 0.717) is 32.7 Å². The van der Waals surface area contributed by atoms with Crippen LogP contribution in [0.1, 0.15) is 27.2 Å². The molecule has 0 saturated carbocycles. The Morgan fingerprint density at radius 1 is 1.47 bits per heavy atom. The van der Waals surface area contributed by atoms with E-state index < -0.39 is 0 Å². The van der Waals surface area contributed by atoms with E-state index >= 15 is 0 Å². The number of carbonyl (C=O) groups is 1. The maximum atomic E-state index is 11.5. The van der Waals surface area contributed by atoms with E-state index in [1.807, 2.05) is 13.8 Å². The second-order valence-electron chi connectivity index (χ2n) is 5.16. The Labute approximate surface area is 104 Å². The highest BCUT2D eigenvalue weighted by Gasteiger charge is 2.20. The lowest BCUT2D eigenvalue weighted by atomic mass is 9.87. The quantitative estimate of drug-likeness (QED) is 0.506. The summed E-state index contributed by atoms with van der Waals surface area (Å²) >= 11 is 0. The van der Waals surface area contributed by atoms with Gasteiger partial charge in [-0.15, -0.1) is 0 Å². The number of aliphatic hydroxyl groups is 1. The largest absolute Gasteiger partial charge is 0.393 e. The van der Waals surface area contributed by atoms with E-state index in [4.69, 9.17) is 4.74 Å². The molecule has 1 unspecified atom stereocenters. The van der Waals surface area contributed by atoms with Crippen molar-refractivity contribution in [1.82, 2.24) is 10.6 Å². The predicted octanol–water partition coefficient (Wildman–Crippen LogP) is 0.136. The number of ether oxygens (including phenoxy) is 1. The van der Waals surface area contributed by atoms with Crippen molar-refractivity contribution in [3.05, 3.63) is 0 Å². The fourth-order valence-corrected chi connectivity index (χ4v) is 1.65. The van der Waals surface area contributed by atoms with Gasteiger partial charge < -0.3 is 20.5 Å². The first-order valence-electron chi connectivity index (χ1n) is 6.02. The zero-order valence-corrected chi connectivity index (χ0v) is 11.4. The lowest BCUT2D eigenvalue weighted by molar-refractivity contribution is -0.120. The molecule has 1 amide bonds. The van der Waals surface area contributed by atoms with Crippen LogP contribution in [0.2, 0.25) is 0 Å². The Morgan fingerprint density at radius 3 is 2.65 bits per heavy atom. The summed E-state index contributed by atoms with van der Waals surface area (Å²) in [5, 5.41) is 15.1. The van der Waals surface area contributed by atoms with Gasteiger partial charge in [-0.25, -0.2) is 0 Å². The molecule has 3 N–H and O–H groups in total. The summed E-state index contributed by atoms with van der Waals surface area (Å²) < 4.78 is 4.86. The smallest absolute Gasteiger partial charge is 0.233 e. The monoisotopic (exact) mass is 246 g/mol. The zero-order chi connectivity index (χ0) is 13.3. The number of methoxy groups -OCH3 is 1. The van der Waals surface area contributed by atoms with Crippen molar-refractivity contribution in [3.63, 3.8) is 0 Å². The molecular weight excluding hydrogens is 220 g/mol. The molecular formula is C12H26N2O3. The third kappa shape index (κ3) is 10.2. The van der Waals surface area contributed by atoms with Crippen LogP contribution < -0.4 is 10.6 Å². The number of hydrogen-bond donors (Lipinski definition) is 3. The number of nitrogens with one attached hydrogen (secondary N) is 2. The van der Waals surface area contributed by atoms with E-state index in [-0.39, 0.29) is 17.4 Å². The van der Waals surface area contributed by atoms with Crippen molar-refractivity contribution in [2.24, 2.45) is 5.41 Å². The highest BCUT2D eigenvalue weighted by molar-refractivity contribution is 5.77. The van der Waals surface area contributed by atoms with Crippen LogP contribution in [0.15, 0.2) is 0 Å². The van der Waals surface area contributed by atoms with Gasteiger partial charge in [0, 0.05) is 20.2 Å². The van der Waals surface area contributed by atoms with E-state index in [0.717, 1.165) is 0 Å². The van der Waals surface area contributed by atoms with Crippen LogP contribution in [0.3, 0.4) is 0 Å². The maximum Gasteiger partial charge on any atom is 0.233 e. The van der Waals surface area contributed by atoms with E-state index in [1.54, 1.807) is 14.0 Å². The van der Waals surface area contributed by atoms with Crippen molar-refractivity contribution in [2.45, 2.75) is 33.3 Å². The summed E-state index contributed by atoms with van der Waals surface area (Å²) in [6, 6.07) is 0. The van der Waals surface area contributed by atoms with Gasteiger partial charge in [-0.2, -0.15) is 0 Å². The molecule has 0 aliphatic rings. The maximum absolute atomic E-state index is 11.5. The molecule has 0 fully saturated rings. The minimum Gasteiger partial charge on any atom is -0.393 e. The van der Waals surface area contributed by atoms with Gasteiger partial charge in [0.1, 0.15) is 0 Å². The average Bonchev–Trinajstić information content (AvgIpc) is 2.20. The van der Waals surface area contributed by atoms with Crippen LogP contribution in [0.25, 0.3) is 0 Å². The molecule has 102 valence electrons. The molecule has 0 aliphatic carbocycles. The van der Waals surface area contributed by atoms with Gasteiger partial charge >= 0.3 is 0 Å². The molecule has 0 spiro atoms. The summed E-state index contributed by atoms with van der Waals surface area (Å²) in [6.45, 7) is 7.95. The molecule has 0 bridgehead atoms. The Bertz CT molecular complexity index is 218. The third-order valence-corrected chi connectivity index (χ3v) is 2.38. The topological polar surface area (TPSA) is 70.6 Å². The standard InChI is InChI=1S/C12H26N2O3/c1-10(15)7-12(2,3)9-14-11(16)8-13-5-6-17-4/h10,13,15H,5-9H2,1-4H3,(H,14,16). The second kappa shape index (κ2) is 8.44. The van der Waals surface area contributed by atoms with Crippen molar-refractivity contribution in [3.8, 4) is 0 Å². The van der Waals surface area contributed by atoms with Gasteiger partial charge in [-0.05, 0) is 18.8 Å². The zero-order valence-electron chi connectivity index (χ0n) is 11.4. The molecule has 5 nitrogen and oxygen atoms in total. The molecule has 0 saturated heterocycles. The van der Waals surface area contributed by atoms with Crippen LogP contribution in [0, 0.1) is 5.41 Å². The lowest BCUT2D eigenvalue weighted by Crippen LogP contribution is -2.40. The molecule has 0 aromatic heterocycles. The Hall–Kier alpha value is -0.650. The van der Waals surface area contributed by atoms with Crippen molar-refractivity contribution < 1.29 is 14.6 Å². The van der Waals surface area contributed by atoms with Gasteiger partial charge in [0.25, 0.3) is 0 Å². The summed E-state index contributed by atoms with van der Waals surface area (Å²) in [5.74, 6) is -0.0280. The SMILES string of the molecule is COCCNCC(=O)NCC(C)(C)CC(C)O. The van der Waals surface area contributed by atoms with Crippen molar-refractivity contribution >= 4 is 5.91 Å². The average molecular weight is 246 g/mol. The summed E-state index contributed by atoms with van der Waals surface area (Å²) in [4.78, 5) is 11.5. The van der Waals surface area contributed by atoms with Crippen LogP contribution in [0.5, 0.6) is 0 Å². The molecule has 0 radical (unpaired) electrons. The number of carbonyl (C=O) groups excluding carboxylic acids is 1. The highest BCUT2D eigenvalue weighted by atomic mass is 16.5. The fraction of sp³-hybridized carbons (Fsp3) is 0.917. The minimum absolute atomic E-state index is 0.0280. The van der Waals surface area contributed by atoms with Crippen LogP contribution >= 0.6 is 0 Å². The summed E-state index contributed by atoms with van der Waals surface area (Å²) in [5.41, 5.74) is -0.0869. The van der Waals surface area contributed by atoms with E-state index in [9.17, 15) is 9.90 Å². The van der Waals surface area contributed by atoms with Gasteiger partial charge in [0.2, 0.25) is 5.91 Å². The van der Waals surface area contributed by atoms with Crippen LogP contribution in [0.4, 0.5) is 0 Å². The summed E-state index contributed by atoms with van der Waals surface area (Å²) in [6.07, 6.45) is 0.325. The molecule has 0 aromatic carbocycles. The first-order chi connectivity index (χ1) is 7.87. The molecule has 1 atom stereocenters. The lowest BCUT2D eigenvalue weighted by Gasteiger charge is -2.26. The van der Waals surface area contributed by atoms with E-state index in [1.165, 1.54) is 0 Å². The number of rotatable bonds is 9. The second-order valence-corrected chi connectivity index (χ2v) is 5.16. The Balaban J connectivity index is 3.68. The molecule has 0 aromatic rings. The Morgan fingerprint density at radius 2 is 2.12 bits per heavy atom. The van der Waals surface area contributed by atoms with Crippen LogP contribution in [-0.4, -0.2) is 50.5 Å². The van der Waals surface area contributed by atoms with Gasteiger partial charge in [-0.3, -0.25) is 4.79 Å². The molecule has 0 aliphatic heterocycles. The number of hydrogen-bond acceptors (Lipinski definition) is 4. The molecule has 17 heavy (non-hydrogen) atoms. The normalized spacial score (nSPS) is 13.5. The number of aliphatic hydroxyl groups excluding tert-OH is 1. The number of amides is 1. The first kappa shape index (κ1) is 16.4. The third-order valence-electron chi connectivity index (χ3n) is 2.38. The van der Waals surface area contributed by atoms with Crippen molar-refractivity contribution in [1.29, 1.82) is 0 Å². The summed E-state index contributed by atoms with van der Waals surface area (Å²) in [7, 11) is 1.63. The van der Waals surface area contributed by atoms with Gasteiger partial charge in [0.15, 0.2) is 0 Å². The van der Waals surface area contributed by atoms with Gasteiger partial charge in [-0.1, -0.05) is 13.8 Å². The molecule has 0 heterocycles. The van der Waals surface area contributed by atoms with Crippen LogP contribution in [-0.2, 0) is 9.53 Å². The minimum atomic E-state index is -0.346. The van der Waals surface area contributed by atoms with E-state index in [2.05, 4.69) is 10.6 Å². The Kier molecular flexibility index (Phi) is 8.12. The van der Waals surface area contributed by atoms with Crippen molar-refractivity contribution in [2.75, 3.05) is 33.4 Å². The fourth-order valence-electron chi connectivity index (χ4n) is 1.65.